The van der Waals surface area contributed by atoms with Gasteiger partial charge < -0.3 is 16.4 Å². The third kappa shape index (κ3) is 5.54. The number of rotatable bonds is 7. The van der Waals surface area contributed by atoms with Crippen molar-refractivity contribution in [3.8, 4) is 0 Å². The van der Waals surface area contributed by atoms with Crippen molar-refractivity contribution in [2.45, 2.75) is 22.2 Å². The van der Waals surface area contributed by atoms with Crippen molar-refractivity contribution in [3.63, 3.8) is 0 Å². The second-order valence-electron chi connectivity index (χ2n) is 6.34. The molecule has 2 aromatic carbocycles. The van der Waals surface area contributed by atoms with E-state index in [1.807, 2.05) is 30.3 Å². The molecule has 0 aromatic heterocycles. The predicted octanol–water partition coefficient (Wildman–Crippen LogP) is 4.39. The lowest BCUT2D eigenvalue weighted by molar-refractivity contribution is 0.1000. The highest BCUT2D eigenvalue weighted by atomic mass is 35.5. The summed E-state index contributed by atoms with van der Waals surface area (Å²) in [5.41, 5.74) is 7.19. The van der Waals surface area contributed by atoms with Gasteiger partial charge in [-0.3, -0.25) is 4.79 Å². The van der Waals surface area contributed by atoms with E-state index < -0.39 is 10.2 Å². The highest BCUT2D eigenvalue weighted by molar-refractivity contribution is 7.99. The van der Waals surface area contributed by atoms with Gasteiger partial charge in [0.2, 0.25) is 5.91 Å². The molecule has 0 aliphatic heterocycles. The minimum atomic E-state index is -0.605. The van der Waals surface area contributed by atoms with Crippen molar-refractivity contribution >= 4 is 52.6 Å². The van der Waals surface area contributed by atoms with Crippen molar-refractivity contribution in [3.05, 3.63) is 59.7 Å². The largest absolute Gasteiger partial charge is 0.366 e. The van der Waals surface area contributed by atoms with E-state index in [9.17, 15) is 9.59 Å². The highest BCUT2D eigenvalue weighted by Crippen LogP contribution is 2.55. The molecule has 1 aliphatic carbocycles. The molecule has 3 rings (SSSR count). The van der Waals surface area contributed by atoms with Crippen LogP contribution in [0.1, 0.15) is 22.3 Å². The lowest BCUT2D eigenvalue weighted by atomic mass is 10.1. The number of urea groups is 1. The average molecular weight is 424 g/mol. The predicted molar refractivity (Wildman–Crippen MR) is 111 cm³/mol. The minimum absolute atomic E-state index is 0.269. The molecule has 4 N–H and O–H groups in total. The van der Waals surface area contributed by atoms with Crippen LogP contribution in [0.15, 0.2) is 53.4 Å². The number of hydrogen-bond donors (Lipinski definition) is 3. The molecule has 1 unspecified atom stereocenters. The number of nitrogens with one attached hydrogen (secondary N) is 2. The topological polar surface area (TPSA) is 84.2 Å². The number of hydrogen-bond acceptors (Lipinski definition) is 3. The quantitative estimate of drug-likeness (QED) is 0.455. The van der Waals surface area contributed by atoms with Crippen LogP contribution in [0, 0.1) is 5.92 Å². The summed E-state index contributed by atoms with van der Waals surface area (Å²) in [7, 11) is 0. The number of para-hydroxylation sites is 1. The fourth-order valence-electron chi connectivity index (χ4n) is 2.52. The Morgan fingerprint density at radius 3 is 2.63 bits per heavy atom. The van der Waals surface area contributed by atoms with Gasteiger partial charge in [0.1, 0.15) is 4.33 Å². The molecule has 1 aliphatic rings. The Kier molecular flexibility index (Phi) is 6.19. The molecule has 1 fully saturated rings. The molecule has 142 valence electrons. The van der Waals surface area contributed by atoms with Crippen LogP contribution < -0.4 is 16.4 Å². The van der Waals surface area contributed by atoms with E-state index in [4.69, 9.17) is 28.9 Å². The molecule has 5 nitrogen and oxygen atoms in total. The number of thioether (sulfide) groups is 1. The lowest BCUT2D eigenvalue weighted by Gasteiger charge is -2.12. The van der Waals surface area contributed by atoms with Gasteiger partial charge in [-0.1, -0.05) is 24.3 Å². The number of primary amides is 1. The Morgan fingerprint density at radius 1 is 1.19 bits per heavy atom. The summed E-state index contributed by atoms with van der Waals surface area (Å²) in [6.45, 7) is 0.283. The van der Waals surface area contributed by atoms with Crippen LogP contribution in [0.3, 0.4) is 0 Å². The first-order valence-electron chi connectivity index (χ1n) is 8.38. The van der Waals surface area contributed by atoms with Gasteiger partial charge in [0, 0.05) is 28.7 Å². The molecule has 2 aromatic rings. The zero-order chi connectivity index (χ0) is 19.4. The zero-order valence-electron chi connectivity index (χ0n) is 14.4. The second-order valence-corrected chi connectivity index (χ2v) is 8.95. The number of halogens is 2. The maximum absolute atomic E-state index is 12.2. The molecular formula is C19H19Cl2N3O2S. The number of benzene rings is 2. The number of carbonyl (C=O) groups excluding carboxylic acids is 2. The molecule has 0 radical (unpaired) electrons. The minimum Gasteiger partial charge on any atom is -0.366 e. The molecular weight excluding hydrogens is 405 g/mol. The Bertz CT molecular complexity index is 860. The molecule has 0 bridgehead atoms. The van der Waals surface area contributed by atoms with Crippen LogP contribution >= 0.6 is 35.0 Å². The van der Waals surface area contributed by atoms with Crippen LogP contribution in [0.25, 0.3) is 0 Å². The number of amides is 3. The van der Waals surface area contributed by atoms with E-state index in [1.54, 1.807) is 30.0 Å². The van der Waals surface area contributed by atoms with Gasteiger partial charge in [0.15, 0.2) is 0 Å². The molecule has 0 heterocycles. The maximum Gasteiger partial charge on any atom is 0.319 e. The molecule has 3 amide bonds. The van der Waals surface area contributed by atoms with Crippen molar-refractivity contribution in [2.24, 2.45) is 11.7 Å². The molecule has 8 heteroatoms. The normalized spacial score (nSPS) is 17.2. The van der Waals surface area contributed by atoms with Crippen molar-refractivity contribution in [1.29, 1.82) is 0 Å². The van der Waals surface area contributed by atoms with Crippen LogP contribution in [0.5, 0.6) is 0 Å². The van der Waals surface area contributed by atoms with Gasteiger partial charge in [0.05, 0.1) is 5.69 Å². The summed E-state index contributed by atoms with van der Waals surface area (Å²) in [6.07, 6.45) is 0.795. The number of nitrogens with two attached hydrogens (primary N) is 1. The van der Waals surface area contributed by atoms with E-state index in [2.05, 4.69) is 10.6 Å². The Hall–Kier alpha value is -1.89. The fourth-order valence-corrected chi connectivity index (χ4v) is 4.46. The Morgan fingerprint density at radius 2 is 1.93 bits per heavy atom. The van der Waals surface area contributed by atoms with Gasteiger partial charge in [-0.25, -0.2) is 4.79 Å². The van der Waals surface area contributed by atoms with E-state index in [-0.39, 0.29) is 18.5 Å². The number of alkyl halides is 2. The summed E-state index contributed by atoms with van der Waals surface area (Å²) in [6, 6.07) is 14.1. The van der Waals surface area contributed by atoms with Crippen LogP contribution in [-0.4, -0.2) is 22.0 Å². The molecule has 0 saturated heterocycles. The third-order valence-electron chi connectivity index (χ3n) is 4.20. The molecule has 1 atom stereocenters. The van der Waals surface area contributed by atoms with Gasteiger partial charge in [-0.2, -0.15) is 0 Å². The number of anilines is 1. The Labute approximate surface area is 172 Å². The van der Waals surface area contributed by atoms with Crippen molar-refractivity contribution in [2.75, 3.05) is 11.1 Å². The summed E-state index contributed by atoms with van der Waals surface area (Å²) in [5, 5.41) is 5.63. The van der Waals surface area contributed by atoms with Gasteiger partial charge in [-0.15, -0.1) is 35.0 Å². The van der Waals surface area contributed by atoms with Gasteiger partial charge >= 0.3 is 6.03 Å². The van der Waals surface area contributed by atoms with E-state index in [1.165, 1.54) is 0 Å². The second kappa shape index (κ2) is 8.42. The van der Waals surface area contributed by atoms with E-state index in [0.29, 0.717) is 5.56 Å². The maximum atomic E-state index is 12.2. The van der Waals surface area contributed by atoms with Crippen molar-refractivity contribution < 1.29 is 9.59 Å². The van der Waals surface area contributed by atoms with Gasteiger partial charge in [0.25, 0.3) is 0 Å². The van der Waals surface area contributed by atoms with Crippen molar-refractivity contribution in [1.82, 2.24) is 5.32 Å². The third-order valence-corrected chi connectivity index (χ3v) is 6.36. The standard InChI is InChI=1S/C19H19Cl2N3O2S/c20-19(21)9-14(19)11-27-16-7-2-1-6-15(16)24-18(26)23-10-12-4-3-5-13(8-12)17(22)25/h1-8,14H,9-11H2,(H2,22,25)(H2,23,24,26). The first-order chi connectivity index (χ1) is 12.8. The number of carbonyl (C=O) groups is 2. The zero-order valence-corrected chi connectivity index (χ0v) is 16.7. The Balaban J connectivity index is 1.55. The summed E-state index contributed by atoms with van der Waals surface area (Å²) >= 11 is 13.8. The van der Waals surface area contributed by atoms with Crippen LogP contribution in [-0.2, 0) is 6.54 Å². The van der Waals surface area contributed by atoms with E-state index in [0.717, 1.165) is 28.3 Å². The first kappa shape index (κ1) is 19.9. The molecule has 1 saturated carbocycles. The van der Waals surface area contributed by atoms with Crippen LogP contribution in [0.4, 0.5) is 10.5 Å². The molecule has 27 heavy (non-hydrogen) atoms. The highest BCUT2D eigenvalue weighted by Gasteiger charge is 2.51. The molecule has 0 spiro atoms. The summed E-state index contributed by atoms with van der Waals surface area (Å²) in [4.78, 5) is 24.4. The van der Waals surface area contributed by atoms with Crippen LogP contribution in [0.2, 0.25) is 0 Å². The van der Waals surface area contributed by atoms with E-state index >= 15 is 0 Å². The lowest BCUT2D eigenvalue weighted by Crippen LogP contribution is -2.28. The van der Waals surface area contributed by atoms with Gasteiger partial charge in [-0.05, 0) is 36.2 Å². The fraction of sp³-hybridized carbons (Fsp3) is 0.263. The summed E-state index contributed by atoms with van der Waals surface area (Å²) in [5.74, 6) is 0.568. The summed E-state index contributed by atoms with van der Waals surface area (Å²) < 4.78 is -0.605. The monoisotopic (exact) mass is 423 g/mol. The SMILES string of the molecule is NC(=O)c1cccc(CNC(=O)Nc2ccccc2SCC2CC2(Cl)Cl)c1. The smallest absolute Gasteiger partial charge is 0.319 e. The first-order valence-corrected chi connectivity index (χ1v) is 10.1. The average Bonchev–Trinajstić information content (AvgIpc) is 3.26.